The van der Waals surface area contributed by atoms with Crippen LogP contribution in [0.3, 0.4) is 0 Å². The molecule has 1 N–H and O–H groups in total. The van der Waals surface area contributed by atoms with Crippen LogP contribution in [-0.2, 0) is 6.54 Å². The zero-order chi connectivity index (χ0) is 28.3. The third-order valence-electron chi connectivity index (χ3n) is 5.53. The maximum atomic E-state index is 12.0. The number of aliphatic hydroxyl groups excluding tert-OH is 1. The Hall–Kier alpha value is -6.06. The second-order valence-electron chi connectivity index (χ2n) is 7.97. The molecule has 1 aromatic heterocycles. The van der Waals surface area contributed by atoms with Gasteiger partial charge in [-0.25, -0.2) is 0 Å². The molecule has 16 heteroatoms. The van der Waals surface area contributed by atoms with Gasteiger partial charge in [-0.05, 0) is 17.7 Å². The average Bonchev–Trinajstić information content (AvgIpc) is 3.36. The third kappa shape index (κ3) is 5.38. The fraction of sp³-hybridized carbons (Fsp3) is 0.0435. The highest BCUT2D eigenvalue weighted by molar-refractivity contribution is 5.89. The molecule has 4 aromatic rings. The molecule has 0 radical (unpaired) electrons. The van der Waals surface area contributed by atoms with E-state index < -0.39 is 53.8 Å². The number of rotatable bonds is 9. The molecule has 196 valence electrons. The van der Waals surface area contributed by atoms with Crippen LogP contribution in [-0.4, -0.2) is 34.6 Å². The van der Waals surface area contributed by atoms with Crippen LogP contribution in [0, 0.1) is 40.5 Å². The van der Waals surface area contributed by atoms with Gasteiger partial charge >= 0.3 is 0 Å². The van der Waals surface area contributed by atoms with E-state index in [2.05, 4.69) is 5.10 Å². The van der Waals surface area contributed by atoms with Crippen molar-refractivity contribution < 1.29 is 29.4 Å². The minimum atomic E-state index is -1.05. The zero-order valence-corrected chi connectivity index (χ0v) is 19.6. The van der Waals surface area contributed by atoms with Crippen molar-refractivity contribution in [1.29, 1.82) is 0 Å². The number of hydrogen-bond donors (Lipinski definition) is 1. The monoisotopic (exact) mass is 534 g/mol. The number of nitro groups is 4. The molecule has 0 atom stereocenters. The molecule has 0 bridgehead atoms. The molecule has 0 aliphatic heterocycles. The number of aliphatic hydroxyl groups is 1. The van der Waals surface area contributed by atoms with Gasteiger partial charge in [0.1, 0.15) is 6.54 Å². The lowest BCUT2D eigenvalue weighted by molar-refractivity contribution is -0.580. The van der Waals surface area contributed by atoms with Crippen LogP contribution in [0.1, 0.15) is 16.7 Å². The van der Waals surface area contributed by atoms with Crippen LogP contribution in [0.15, 0.2) is 79.4 Å². The topological polar surface area (TPSA) is 214 Å². The number of aromatic nitrogens is 3. The maximum Gasteiger partial charge on any atom is 0.294 e. The van der Waals surface area contributed by atoms with Crippen LogP contribution < -0.4 is 4.57 Å². The Kier molecular flexibility index (Phi) is 7.01. The number of nitro benzene ring substituents is 4. The number of hydrogen-bond acceptors (Lipinski definition) is 10. The van der Waals surface area contributed by atoms with Gasteiger partial charge in [0.2, 0.25) is 6.33 Å². The van der Waals surface area contributed by atoms with Crippen molar-refractivity contribution in [1.82, 2.24) is 9.78 Å². The predicted octanol–water partition coefficient (Wildman–Crippen LogP) is 3.78. The van der Waals surface area contributed by atoms with E-state index in [1.54, 1.807) is 12.1 Å². The van der Waals surface area contributed by atoms with Gasteiger partial charge in [-0.2, -0.15) is 4.57 Å². The highest BCUT2D eigenvalue weighted by atomic mass is 16.6. The molecular weight excluding hydrogens is 518 g/mol. The summed E-state index contributed by atoms with van der Waals surface area (Å²) >= 11 is 0. The van der Waals surface area contributed by atoms with Crippen molar-refractivity contribution in [2.24, 2.45) is 0 Å². The van der Waals surface area contributed by atoms with Gasteiger partial charge in [-0.3, -0.25) is 40.5 Å². The summed E-state index contributed by atoms with van der Waals surface area (Å²) < 4.78 is 2.47. The molecule has 1 heterocycles. The summed E-state index contributed by atoms with van der Waals surface area (Å²) in [5, 5.41) is 61.8. The van der Waals surface area contributed by atoms with Crippen molar-refractivity contribution in [3.05, 3.63) is 137 Å². The highest BCUT2D eigenvalue weighted by Crippen LogP contribution is 2.39. The lowest BCUT2D eigenvalue weighted by Crippen LogP contribution is -2.32. The molecule has 0 aliphatic rings. The predicted molar refractivity (Wildman–Crippen MR) is 132 cm³/mol. The number of nitrogens with zero attached hydrogens (tertiary/aromatic N) is 7. The quantitative estimate of drug-likeness (QED) is 0.108. The summed E-state index contributed by atoms with van der Waals surface area (Å²) in [6, 6.07) is 14.5. The lowest BCUT2D eigenvalue weighted by Gasteiger charge is -2.10. The van der Waals surface area contributed by atoms with E-state index in [-0.39, 0.29) is 17.8 Å². The molecular formula is C23H16N7O9+. The van der Waals surface area contributed by atoms with Gasteiger partial charge < -0.3 is 5.11 Å². The zero-order valence-electron chi connectivity index (χ0n) is 19.6. The lowest BCUT2D eigenvalue weighted by atomic mass is 10.0. The molecule has 0 aliphatic carbocycles. The van der Waals surface area contributed by atoms with Gasteiger partial charge in [-0.1, -0.05) is 30.3 Å². The van der Waals surface area contributed by atoms with Crippen LogP contribution in [0.2, 0.25) is 0 Å². The van der Waals surface area contributed by atoms with E-state index >= 15 is 0 Å². The summed E-state index contributed by atoms with van der Waals surface area (Å²) in [6.07, 6.45) is 2.44. The molecule has 0 unspecified atom stereocenters. The Morgan fingerprint density at radius 2 is 1.36 bits per heavy atom. The Morgan fingerprint density at radius 3 is 1.87 bits per heavy atom. The molecule has 0 saturated carbocycles. The summed E-state index contributed by atoms with van der Waals surface area (Å²) in [5.41, 5.74) is -3.77. The third-order valence-corrected chi connectivity index (χ3v) is 5.53. The molecule has 0 amide bonds. The fourth-order valence-electron chi connectivity index (χ4n) is 3.77. The van der Waals surface area contributed by atoms with Gasteiger partial charge in [-0.15, -0.1) is 4.68 Å². The van der Waals surface area contributed by atoms with Crippen LogP contribution in [0.25, 0.3) is 11.5 Å². The van der Waals surface area contributed by atoms with Crippen molar-refractivity contribution in [2.45, 2.75) is 6.54 Å². The van der Waals surface area contributed by atoms with Crippen LogP contribution >= 0.6 is 0 Å². The van der Waals surface area contributed by atoms with Crippen LogP contribution in [0.4, 0.5) is 22.7 Å². The SMILES string of the molecule is O=[N+]([O-])c1ccc(/C(O)=C(/c2c([N+](=O)[O-])cc([N+](=O)[O-])cc2[N+](=O)[O-])[n+]2cnn(Cc3ccccc3)c2)cc1. The van der Waals surface area contributed by atoms with E-state index in [1.165, 1.54) is 11.0 Å². The minimum Gasteiger partial charge on any atom is -0.504 e. The summed E-state index contributed by atoms with van der Waals surface area (Å²) in [5.74, 6) is -0.741. The molecule has 4 rings (SSSR count). The van der Waals surface area contributed by atoms with Gasteiger partial charge in [0.15, 0.2) is 17.0 Å². The normalized spacial score (nSPS) is 11.5. The average molecular weight is 534 g/mol. The van der Waals surface area contributed by atoms with Crippen LogP contribution in [0.5, 0.6) is 0 Å². The van der Waals surface area contributed by atoms with Crippen molar-refractivity contribution in [3.63, 3.8) is 0 Å². The van der Waals surface area contributed by atoms with Crippen molar-refractivity contribution >= 4 is 34.2 Å². The Bertz CT molecular complexity index is 1610. The summed E-state index contributed by atoms with van der Waals surface area (Å²) in [6.45, 7) is 0.226. The number of non-ortho nitro benzene ring substituents is 2. The first-order chi connectivity index (χ1) is 18.6. The molecule has 0 spiro atoms. The largest absolute Gasteiger partial charge is 0.504 e. The fourth-order valence-corrected chi connectivity index (χ4v) is 3.77. The molecule has 3 aromatic carbocycles. The summed E-state index contributed by atoms with van der Waals surface area (Å²) in [7, 11) is 0. The van der Waals surface area contributed by atoms with E-state index in [9.17, 15) is 45.6 Å². The van der Waals surface area contributed by atoms with Gasteiger partial charge in [0.05, 0.1) is 31.8 Å². The molecule has 0 fully saturated rings. The first kappa shape index (κ1) is 26.0. The Labute approximate surface area is 216 Å². The van der Waals surface area contributed by atoms with Gasteiger partial charge in [0, 0.05) is 22.8 Å². The molecule has 0 saturated heterocycles. The second-order valence-corrected chi connectivity index (χ2v) is 7.97. The van der Waals surface area contributed by atoms with Crippen molar-refractivity contribution in [3.8, 4) is 0 Å². The standard InChI is InChI=1S/C23H15N7O9/c31-23(16-6-8-17(9-7-16)27(32)33)22(25-13-24-26(14-25)12-15-4-2-1-3-5-15)21-19(29(36)37)10-18(28(34)35)11-20(21)30(38)39/h1-11,13-14H,12H2/p+1/b23-22+. The minimum absolute atomic E-state index is 0.0825. The van der Waals surface area contributed by atoms with Gasteiger partial charge in [0.25, 0.3) is 29.1 Å². The smallest absolute Gasteiger partial charge is 0.294 e. The molecule has 16 nitrogen and oxygen atoms in total. The Morgan fingerprint density at radius 1 is 0.795 bits per heavy atom. The highest BCUT2D eigenvalue weighted by Gasteiger charge is 2.37. The van der Waals surface area contributed by atoms with E-state index in [0.717, 1.165) is 40.7 Å². The first-order valence-electron chi connectivity index (χ1n) is 10.8. The van der Waals surface area contributed by atoms with E-state index in [0.29, 0.717) is 12.1 Å². The molecule has 39 heavy (non-hydrogen) atoms. The summed E-state index contributed by atoms with van der Waals surface area (Å²) in [4.78, 5) is 42.6. The van der Waals surface area contributed by atoms with E-state index in [4.69, 9.17) is 0 Å². The first-order valence-corrected chi connectivity index (χ1v) is 10.8. The number of benzene rings is 3. The maximum absolute atomic E-state index is 12.0. The van der Waals surface area contributed by atoms with Crippen molar-refractivity contribution in [2.75, 3.05) is 0 Å². The second kappa shape index (κ2) is 10.5. The Balaban J connectivity index is 2.01. The van der Waals surface area contributed by atoms with E-state index in [1.807, 2.05) is 18.2 Å².